The second-order valence-corrected chi connectivity index (χ2v) is 7.69. The molecule has 0 amide bonds. The normalized spacial score (nSPS) is 18.8. The van der Waals surface area contributed by atoms with Crippen LogP contribution in [0.1, 0.15) is 29.5 Å². The zero-order valence-corrected chi connectivity index (χ0v) is 14.2. The highest BCUT2D eigenvalue weighted by Crippen LogP contribution is 2.30. The zero-order valence-electron chi connectivity index (χ0n) is 13.4. The second kappa shape index (κ2) is 6.60. The van der Waals surface area contributed by atoms with Crippen molar-refractivity contribution < 1.29 is 8.42 Å². The smallest absolute Gasteiger partial charge is 0.207 e. The number of rotatable bonds is 4. The highest BCUT2D eigenvalue weighted by Gasteiger charge is 2.29. The number of benzene rings is 2. The van der Waals surface area contributed by atoms with Gasteiger partial charge in [-0.15, -0.1) is 0 Å². The van der Waals surface area contributed by atoms with Gasteiger partial charge in [-0.1, -0.05) is 41.5 Å². The first kappa shape index (κ1) is 16.4. The molecule has 0 spiro atoms. The van der Waals surface area contributed by atoms with Gasteiger partial charge in [0.2, 0.25) is 10.0 Å². The molecule has 0 radical (unpaired) electrons. The first-order valence-electron chi connectivity index (χ1n) is 7.77. The summed E-state index contributed by atoms with van der Waals surface area (Å²) in [7, 11) is -3.51. The minimum Gasteiger partial charge on any atom is -0.207 e. The lowest BCUT2D eigenvalue weighted by Gasteiger charge is -2.30. The average Bonchev–Trinajstić information content (AvgIpc) is 2.58. The Morgan fingerprint density at radius 2 is 1.79 bits per heavy atom. The average molecular weight is 338 g/mol. The summed E-state index contributed by atoms with van der Waals surface area (Å²) >= 11 is 0. The van der Waals surface area contributed by atoms with Gasteiger partial charge in [0, 0.05) is 6.04 Å². The molecule has 3 rings (SSSR count). The molecular formula is C19H18N2O2S. The van der Waals surface area contributed by atoms with E-state index in [0.29, 0.717) is 5.56 Å². The van der Waals surface area contributed by atoms with Crippen molar-refractivity contribution in [3.8, 4) is 6.07 Å². The summed E-state index contributed by atoms with van der Waals surface area (Å²) in [6.07, 6.45) is 3.67. The van der Waals surface area contributed by atoms with Gasteiger partial charge in [0.15, 0.2) is 0 Å². The highest BCUT2D eigenvalue weighted by atomic mass is 32.2. The van der Waals surface area contributed by atoms with Gasteiger partial charge >= 0.3 is 0 Å². The van der Waals surface area contributed by atoms with Crippen molar-refractivity contribution in [2.75, 3.05) is 0 Å². The topological polar surface area (TPSA) is 70.0 Å². The summed E-state index contributed by atoms with van der Waals surface area (Å²) < 4.78 is 27.7. The Morgan fingerprint density at radius 1 is 1.12 bits per heavy atom. The zero-order chi connectivity index (χ0) is 17.2. The molecule has 1 aliphatic rings. The van der Waals surface area contributed by atoms with Gasteiger partial charge in [-0.25, -0.2) is 13.1 Å². The number of aryl methyl sites for hydroxylation is 1. The molecule has 122 valence electrons. The van der Waals surface area contributed by atoms with Gasteiger partial charge in [0.1, 0.15) is 0 Å². The summed E-state index contributed by atoms with van der Waals surface area (Å²) in [6.45, 7) is 1.92. The molecule has 0 heterocycles. The van der Waals surface area contributed by atoms with Gasteiger partial charge in [-0.2, -0.15) is 5.26 Å². The van der Waals surface area contributed by atoms with Crippen LogP contribution in [0.2, 0.25) is 0 Å². The predicted octanol–water partition coefficient (Wildman–Crippen LogP) is 3.39. The lowest BCUT2D eigenvalue weighted by molar-refractivity contribution is 0.499. The van der Waals surface area contributed by atoms with Crippen molar-refractivity contribution in [3.63, 3.8) is 0 Å². The summed E-state index contributed by atoms with van der Waals surface area (Å²) in [5, 5.41) is 8.82. The van der Waals surface area contributed by atoms with Crippen LogP contribution in [0.4, 0.5) is 0 Å². The maximum absolute atomic E-state index is 12.5. The molecule has 0 aromatic heterocycles. The SMILES string of the molecule is Cc1ccc(S(=O)(=O)NC2CC/C2=C\c2ccc(C#N)cc2)cc1. The molecule has 0 saturated heterocycles. The molecule has 5 heteroatoms. The largest absolute Gasteiger partial charge is 0.241 e. The van der Waals surface area contributed by atoms with E-state index in [9.17, 15) is 8.42 Å². The van der Waals surface area contributed by atoms with Crippen LogP contribution in [0.5, 0.6) is 0 Å². The van der Waals surface area contributed by atoms with Gasteiger partial charge in [0.25, 0.3) is 0 Å². The fraction of sp³-hybridized carbons (Fsp3) is 0.211. The van der Waals surface area contributed by atoms with E-state index in [-0.39, 0.29) is 10.9 Å². The van der Waals surface area contributed by atoms with Gasteiger partial charge < -0.3 is 0 Å². The van der Waals surface area contributed by atoms with E-state index < -0.39 is 10.0 Å². The van der Waals surface area contributed by atoms with Crippen LogP contribution in [0.15, 0.2) is 59.0 Å². The third kappa shape index (κ3) is 3.56. The van der Waals surface area contributed by atoms with Crippen LogP contribution in [0.25, 0.3) is 6.08 Å². The van der Waals surface area contributed by atoms with Gasteiger partial charge in [0.05, 0.1) is 16.5 Å². The van der Waals surface area contributed by atoms with Crippen LogP contribution in [0, 0.1) is 18.3 Å². The minimum atomic E-state index is -3.51. The fourth-order valence-electron chi connectivity index (χ4n) is 2.60. The Labute approximate surface area is 142 Å². The summed E-state index contributed by atoms with van der Waals surface area (Å²) in [5.41, 5.74) is 3.68. The Bertz CT molecular complexity index is 905. The van der Waals surface area contributed by atoms with Crippen molar-refractivity contribution in [3.05, 3.63) is 70.8 Å². The molecule has 1 aliphatic carbocycles. The van der Waals surface area contributed by atoms with Crippen LogP contribution >= 0.6 is 0 Å². The minimum absolute atomic E-state index is 0.160. The Morgan fingerprint density at radius 3 is 2.33 bits per heavy atom. The Kier molecular flexibility index (Phi) is 4.52. The molecule has 1 atom stereocenters. The van der Waals surface area contributed by atoms with Crippen LogP contribution in [-0.2, 0) is 10.0 Å². The number of hydrogen-bond donors (Lipinski definition) is 1. The standard InChI is InChI=1S/C19H18N2O2S/c1-14-2-9-18(10-3-14)24(22,23)21-19-11-8-17(19)12-15-4-6-16(13-20)7-5-15/h2-7,9-10,12,19,21H,8,11H2,1H3/b17-12+. The summed E-state index contributed by atoms with van der Waals surface area (Å²) in [5.74, 6) is 0. The van der Waals surface area contributed by atoms with Crippen LogP contribution in [-0.4, -0.2) is 14.5 Å². The van der Waals surface area contributed by atoms with E-state index in [2.05, 4.69) is 10.8 Å². The van der Waals surface area contributed by atoms with Crippen molar-refractivity contribution in [2.24, 2.45) is 0 Å². The third-order valence-corrected chi connectivity index (χ3v) is 5.68. The molecule has 1 N–H and O–H groups in total. The first-order valence-corrected chi connectivity index (χ1v) is 9.26. The molecule has 4 nitrogen and oxygen atoms in total. The highest BCUT2D eigenvalue weighted by molar-refractivity contribution is 7.89. The van der Waals surface area contributed by atoms with Crippen molar-refractivity contribution in [2.45, 2.75) is 30.7 Å². The molecule has 0 bridgehead atoms. The number of nitriles is 1. The van der Waals surface area contributed by atoms with Crippen LogP contribution in [0.3, 0.4) is 0 Å². The fourth-order valence-corrected chi connectivity index (χ4v) is 3.88. The molecule has 24 heavy (non-hydrogen) atoms. The molecular weight excluding hydrogens is 320 g/mol. The predicted molar refractivity (Wildman–Crippen MR) is 93.7 cm³/mol. The van der Waals surface area contributed by atoms with E-state index in [1.165, 1.54) is 0 Å². The lowest BCUT2D eigenvalue weighted by Crippen LogP contribution is -2.41. The maximum atomic E-state index is 12.5. The molecule has 1 unspecified atom stereocenters. The van der Waals surface area contributed by atoms with Gasteiger partial charge in [-0.3, -0.25) is 0 Å². The van der Waals surface area contributed by atoms with Crippen molar-refractivity contribution >= 4 is 16.1 Å². The molecule has 0 aliphatic heterocycles. The third-order valence-electron chi connectivity index (χ3n) is 4.19. The number of sulfonamides is 1. The van der Waals surface area contributed by atoms with E-state index in [4.69, 9.17) is 5.26 Å². The number of nitrogens with zero attached hydrogens (tertiary/aromatic N) is 1. The monoisotopic (exact) mass is 338 g/mol. The van der Waals surface area contributed by atoms with Gasteiger partial charge in [-0.05, 0) is 49.6 Å². The van der Waals surface area contributed by atoms with Crippen molar-refractivity contribution in [1.29, 1.82) is 5.26 Å². The first-order chi connectivity index (χ1) is 11.5. The van der Waals surface area contributed by atoms with E-state index in [1.54, 1.807) is 36.4 Å². The van der Waals surface area contributed by atoms with Crippen LogP contribution < -0.4 is 4.72 Å². The second-order valence-electron chi connectivity index (χ2n) is 5.98. The molecule has 2 aromatic rings. The van der Waals surface area contributed by atoms with E-state index >= 15 is 0 Å². The summed E-state index contributed by atoms with van der Waals surface area (Å²) in [4.78, 5) is 0.290. The molecule has 1 fully saturated rings. The maximum Gasteiger partial charge on any atom is 0.241 e. The van der Waals surface area contributed by atoms with Crippen molar-refractivity contribution in [1.82, 2.24) is 4.72 Å². The summed E-state index contributed by atoms with van der Waals surface area (Å²) in [6, 6.07) is 16.0. The lowest BCUT2D eigenvalue weighted by atomic mass is 9.85. The van der Waals surface area contributed by atoms with E-state index in [0.717, 1.165) is 29.5 Å². The number of nitrogens with one attached hydrogen (secondary N) is 1. The van der Waals surface area contributed by atoms with E-state index in [1.807, 2.05) is 25.1 Å². The molecule has 2 aromatic carbocycles. The Hall–Kier alpha value is -2.42. The number of hydrogen-bond acceptors (Lipinski definition) is 3. The Balaban J connectivity index is 1.74. The molecule has 1 saturated carbocycles. The quantitative estimate of drug-likeness (QED) is 0.929.